The van der Waals surface area contributed by atoms with Crippen molar-refractivity contribution in [3.8, 4) is 11.1 Å². The van der Waals surface area contributed by atoms with Gasteiger partial charge in [0.15, 0.2) is 0 Å². The van der Waals surface area contributed by atoms with Gasteiger partial charge in [0.25, 0.3) is 0 Å². The lowest BCUT2D eigenvalue weighted by Crippen LogP contribution is -2.54. The molecule has 188 valence electrons. The molecule has 2 fully saturated rings. The fourth-order valence-corrected chi connectivity index (χ4v) is 6.97. The zero-order chi connectivity index (χ0) is 25.4. The summed E-state index contributed by atoms with van der Waals surface area (Å²) in [6, 6.07) is 24.3. The van der Waals surface area contributed by atoms with Crippen molar-refractivity contribution in [1.29, 1.82) is 0 Å². The second-order valence-electron chi connectivity index (χ2n) is 11.3. The van der Waals surface area contributed by atoms with Gasteiger partial charge >= 0.3 is 0 Å². The van der Waals surface area contributed by atoms with Crippen LogP contribution >= 0.6 is 0 Å². The van der Waals surface area contributed by atoms with Gasteiger partial charge in [-0.1, -0.05) is 72.3 Å². The molecule has 0 radical (unpaired) electrons. The van der Waals surface area contributed by atoms with Gasteiger partial charge in [-0.05, 0) is 85.0 Å². The summed E-state index contributed by atoms with van der Waals surface area (Å²) < 4.78 is 0. The number of nitrogen functional groups attached to an aromatic ring is 1. The highest BCUT2D eigenvalue weighted by Crippen LogP contribution is 2.65. The van der Waals surface area contributed by atoms with Gasteiger partial charge in [-0.2, -0.15) is 0 Å². The summed E-state index contributed by atoms with van der Waals surface area (Å²) in [5.41, 5.74) is 13.9. The zero-order valence-electron chi connectivity index (χ0n) is 21.5. The molecular weight excluding hydrogens is 454 g/mol. The predicted octanol–water partition coefficient (Wildman–Crippen LogP) is 6.77. The number of amides is 1. The lowest BCUT2D eigenvalue weighted by Gasteiger charge is -2.61. The molecule has 3 unspecified atom stereocenters. The van der Waals surface area contributed by atoms with Crippen LogP contribution in [0.15, 0.2) is 90.5 Å². The van der Waals surface area contributed by atoms with Gasteiger partial charge in [-0.3, -0.25) is 4.79 Å². The molecular formula is C33H35N3O. The Morgan fingerprint density at radius 2 is 1.86 bits per heavy atom. The van der Waals surface area contributed by atoms with Gasteiger partial charge in [0.2, 0.25) is 5.91 Å². The number of nitrogens with two attached hydrogens (primary N) is 1. The highest BCUT2D eigenvalue weighted by Gasteiger charge is 2.56. The van der Waals surface area contributed by atoms with Crippen LogP contribution in [0, 0.1) is 17.3 Å². The molecule has 3 atom stereocenters. The van der Waals surface area contributed by atoms with Crippen LogP contribution in [-0.2, 0) is 11.3 Å². The van der Waals surface area contributed by atoms with Crippen LogP contribution in [0.1, 0.15) is 36.8 Å². The Bertz CT molecular complexity index is 1360. The summed E-state index contributed by atoms with van der Waals surface area (Å²) in [7, 11) is 2.25. The molecule has 4 aliphatic rings. The molecule has 3 aromatic rings. The summed E-state index contributed by atoms with van der Waals surface area (Å²) in [5.74, 6) is 1.63. The average molecular weight is 490 g/mol. The van der Waals surface area contributed by atoms with Crippen molar-refractivity contribution in [2.24, 2.45) is 17.3 Å². The van der Waals surface area contributed by atoms with Crippen LogP contribution in [0.4, 0.5) is 11.4 Å². The molecule has 0 spiro atoms. The molecule has 1 amide bonds. The van der Waals surface area contributed by atoms with Crippen molar-refractivity contribution >= 4 is 23.4 Å². The van der Waals surface area contributed by atoms with E-state index in [9.17, 15) is 4.79 Å². The van der Waals surface area contributed by atoms with Crippen LogP contribution in [-0.4, -0.2) is 24.4 Å². The minimum absolute atomic E-state index is 0.199. The van der Waals surface area contributed by atoms with E-state index in [-0.39, 0.29) is 5.91 Å². The van der Waals surface area contributed by atoms with Crippen LogP contribution in [0.2, 0.25) is 0 Å². The van der Waals surface area contributed by atoms with E-state index < -0.39 is 0 Å². The maximum Gasteiger partial charge on any atom is 0.248 e. The fourth-order valence-electron chi connectivity index (χ4n) is 6.97. The molecule has 3 N–H and O–H groups in total. The van der Waals surface area contributed by atoms with Crippen molar-refractivity contribution in [3.05, 3.63) is 102 Å². The number of hydrogen-bond acceptors (Lipinski definition) is 3. The molecule has 37 heavy (non-hydrogen) atoms. The zero-order valence-corrected chi connectivity index (χ0v) is 21.5. The molecule has 2 saturated carbocycles. The van der Waals surface area contributed by atoms with Gasteiger partial charge < -0.3 is 16.0 Å². The van der Waals surface area contributed by atoms with E-state index >= 15 is 0 Å². The third-order valence-electron chi connectivity index (χ3n) is 8.51. The monoisotopic (exact) mass is 489 g/mol. The number of nitrogens with one attached hydrogen (secondary N) is 1. The van der Waals surface area contributed by atoms with Gasteiger partial charge in [-0.15, -0.1) is 0 Å². The summed E-state index contributed by atoms with van der Waals surface area (Å²) in [5, 5.41) is 2.92. The van der Waals surface area contributed by atoms with Crippen molar-refractivity contribution in [1.82, 2.24) is 4.90 Å². The summed E-state index contributed by atoms with van der Waals surface area (Å²) in [4.78, 5) is 15.1. The third-order valence-corrected chi connectivity index (χ3v) is 8.51. The van der Waals surface area contributed by atoms with Crippen molar-refractivity contribution in [2.45, 2.75) is 32.2 Å². The first-order chi connectivity index (χ1) is 18.0. The third kappa shape index (κ3) is 4.86. The normalized spacial score (nSPS) is 23.7. The molecule has 4 nitrogen and oxygen atoms in total. The fraction of sp³-hybridized carbons (Fsp3) is 0.303. The number of carbonyl (C=O) groups is 1. The Balaban J connectivity index is 1.04. The van der Waals surface area contributed by atoms with E-state index in [2.05, 4.69) is 47.6 Å². The van der Waals surface area contributed by atoms with E-state index in [0.717, 1.165) is 35.1 Å². The number of benzene rings is 3. The molecule has 4 heteroatoms. The van der Waals surface area contributed by atoms with E-state index in [1.165, 1.54) is 37.8 Å². The van der Waals surface area contributed by atoms with Gasteiger partial charge in [0.05, 0.1) is 11.4 Å². The lowest BCUT2D eigenvalue weighted by molar-refractivity contribution is -0.111. The minimum Gasteiger partial charge on any atom is -0.397 e. The Labute approximate surface area is 219 Å². The standard InChI is InChI=1S/C33H35N3O/c1-36(22-33-19-25-11-14-29(33)28(17-25)20-33)21-24-9-7-23(8-10-24)12-16-32(37)35-31-18-27(13-15-30(31)34)26-5-3-2-4-6-26/h2-10,12-16,18,25,28H,11,17,19-22,34H2,1H3,(H,35,37)/b16-12+. The van der Waals surface area contributed by atoms with E-state index in [1.807, 2.05) is 54.6 Å². The van der Waals surface area contributed by atoms with Gasteiger partial charge in [-0.25, -0.2) is 0 Å². The number of hydrogen-bond donors (Lipinski definition) is 2. The topological polar surface area (TPSA) is 58.4 Å². The predicted molar refractivity (Wildman–Crippen MR) is 153 cm³/mol. The molecule has 4 aliphatic carbocycles. The first kappa shape index (κ1) is 23.7. The Morgan fingerprint density at radius 1 is 1.05 bits per heavy atom. The van der Waals surface area contributed by atoms with Crippen LogP contribution < -0.4 is 11.1 Å². The number of anilines is 2. The number of allylic oxidation sites excluding steroid dienone is 1. The Morgan fingerprint density at radius 3 is 2.59 bits per heavy atom. The molecule has 4 bridgehead atoms. The largest absolute Gasteiger partial charge is 0.397 e. The summed E-state index contributed by atoms with van der Waals surface area (Å²) in [6.45, 7) is 2.12. The maximum absolute atomic E-state index is 12.6. The number of carbonyl (C=O) groups excluding carboxylic acids is 1. The quantitative estimate of drug-likeness (QED) is 0.209. The molecule has 0 saturated heterocycles. The van der Waals surface area contributed by atoms with Crippen LogP contribution in [0.3, 0.4) is 0 Å². The molecule has 0 heterocycles. The Hall–Kier alpha value is -3.63. The molecule has 0 aromatic heterocycles. The highest BCUT2D eigenvalue weighted by molar-refractivity contribution is 6.04. The van der Waals surface area contributed by atoms with E-state index in [4.69, 9.17) is 5.73 Å². The average Bonchev–Trinajstić information content (AvgIpc) is 2.90. The van der Waals surface area contributed by atoms with E-state index in [1.54, 1.807) is 11.6 Å². The van der Waals surface area contributed by atoms with Crippen molar-refractivity contribution < 1.29 is 4.79 Å². The second kappa shape index (κ2) is 9.68. The summed E-state index contributed by atoms with van der Waals surface area (Å²) >= 11 is 0. The Kier molecular flexibility index (Phi) is 6.21. The van der Waals surface area contributed by atoms with E-state index in [0.29, 0.717) is 16.8 Å². The first-order valence-corrected chi connectivity index (χ1v) is 13.4. The van der Waals surface area contributed by atoms with Crippen molar-refractivity contribution in [2.75, 3.05) is 24.6 Å². The number of rotatable bonds is 8. The van der Waals surface area contributed by atoms with Gasteiger partial charge in [0, 0.05) is 24.6 Å². The minimum atomic E-state index is -0.199. The molecule has 0 aliphatic heterocycles. The summed E-state index contributed by atoms with van der Waals surface area (Å²) in [6.07, 6.45) is 11.5. The smallest absolute Gasteiger partial charge is 0.248 e. The lowest BCUT2D eigenvalue weighted by atomic mass is 9.45. The highest BCUT2D eigenvalue weighted by atomic mass is 16.1. The van der Waals surface area contributed by atoms with Crippen molar-refractivity contribution in [3.63, 3.8) is 0 Å². The number of fused-ring (bicyclic) bond motifs is 1. The maximum atomic E-state index is 12.6. The number of nitrogens with zero attached hydrogens (tertiary/aromatic N) is 1. The van der Waals surface area contributed by atoms with Crippen LogP contribution in [0.5, 0.6) is 0 Å². The second-order valence-corrected chi connectivity index (χ2v) is 11.3. The SMILES string of the molecule is CN(Cc1ccc(/C=C/C(=O)Nc2cc(-c3ccccc3)ccc2N)cc1)CC12CC3CC=C1C(C3)C2. The molecule has 3 aromatic carbocycles. The molecule has 7 rings (SSSR count). The first-order valence-electron chi connectivity index (χ1n) is 13.4. The van der Waals surface area contributed by atoms with Gasteiger partial charge in [0.1, 0.15) is 0 Å². The van der Waals surface area contributed by atoms with Crippen LogP contribution in [0.25, 0.3) is 17.2 Å².